The highest BCUT2D eigenvalue weighted by Gasteiger charge is 2.22. The van der Waals surface area contributed by atoms with Crippen molar-refractivity contribution in [2.75, 3.05) is 47.6 Å². The smallest absolute Gasteiger partial charge is 0.119 e. The van der Waals surface area contributed by atoms with Gasteiger partial charge in [-0.15, -0.1) is 34.0 Å². The van der Waals surface area contributed by atoms with E-state index in [0.29, 0.717) is 0 Å². The molecule has 6 aromatic heterocycles. The SMILES string of the molecule is COc1ccc2c(c1)c1cc(OC)ccc1n2-c1ccc(-c2ccc(N(c3ccc(-c4ccc(-n5c6ccc(OC)cc6c6cc(OC)ccc65)s4)cc3)c3ccc(-c4ccc(-n5c6ccc(OC)cc6c6cc(OC)ccc65)s4)cc3)cc2)s1. The summed E-state index contributed by atoms with van der Waals surface area (Å²) in [4.78, 5) is 5.86. The van der Waals surface area contributed by atoms with Crippen LogP contribution in [0.15, 0.2) is 218 Å². The summed E-state index contributed by atoms with van der Waals surface area (Å²) in [6.07, 6.45) is 0. The van der Waals surface area contributed by atoms with E-state index in [2.05, 4.69) is 201 Å². The summed E-state index contributed by atoms with van der Waals surface area (Å²) in [6.45, 7) is 0. The number of thiophene rings is 3. The lowest BCUT2D eigenvalue weighted by Crippen LogP contribution is -2.09. The summed E-state index contributed by atoms with van der Waals surface area (Å²) in [5, 5.41) is 10.0. The number of rotatable bonds is 15. The largest absolute Gasteiger partial charge is 0.497 e. The Kier molecular flexibility index (Phi) is 12.9. The molecule has 10 nitrogen and oxygen atoms in total. The topological polar surface area (TPSA) is 73.4 Å². The van der Waals surface area contributed by atoms with Gasteiger partial charge in [0.2, 0.25) is 0 Å². The molecule has 0 bridgehead atoms. The second-order valence-corrected chi connectivity index (χ2v) is 23.9. The number of ether oxygens (including phenoxy) is 6. The maximum absolute atomic E-state index is 5.67. The van der Waals surface area contributed by atoms with Crippen molar-refractivity contribution in [3.63, 3.8) is 0 Å². The first-order valence-corrected chi connectivity index (χ1v) is 30.2. The molecule has 0 amide bonds. The van der Waals surface area contributed by atoms with Crippen LogP contribution in [-0.4, -0.2) is 56.4 Å². The number of benzene rings is 9. The van der Waals surface area contributed by atoms with Gasteiger partial charge in [0, 0.05) is 64.0 Å². The van der Waals surface area contributed by atoms with Gasteiger partial charge in [-0.05, 0) is 199 Å². The minimum Gasteiger partial charge on any atom is -0.497 e. The first-order chi connectivity index (χ1) is 41.8. The zero-order valence-electron chi connectivity index (χ0n) is 47.2. The minimum atomic E-state index is 0.816. The molecule has 0 radical (unpaired) electrons. The third-order valence-corrected chi connectivity index (χ3v) is 19.6. The maximum atomic E-state index is 5.67. The van der Waals surface area contributed by atoms with Crippen LogP contribution < -0.4 is 33.3 Å². The number of anilines is 3. The van der Waals surface area contributed by atoms with Gasteiger partial charge in [-0.3, -0.25) is 0 Å². The second-order valence-electron chi connectivity index (χ2n) is 20.7. The van der Waals surface area contributed by atoms with Crippen molar-refractivity contribution in [2.24, 2.45) is 0 Å². The number of hydrogen-bond acceptors (Lipinski definition) is 10. The van der Waals surface area contributed by atoms with E-state index in [0.717, 1.165) is 149 Å². The molecule has 9 aromatic carbocycles. The molecule has 0 N–H and O–H groups in total. The number of aromatic nitrogens is 3. The fourth-order valence-electron chi connectivity index (χ4n) is 12.0. The van der Waals surface area contributed by atoms with Gasteiger partial charge in [0.05, 0.1) is 75.8 Å². The van der Waals surface area contributed by atoms with Crippen LogP contribution in [0.1, 0.15) is 0 Å². The molecule has 0 aliphatic heterocycles. The summed E-state index contributed by atoms with van der Waals surface area (Å²) < 4.78 is 41.0. The molecule has 416 valence electrons. The third-order valence-electron chi connectivity index (χ3n) is 16.2. The molecule has 0 spiro atoms. The Balaban J connectivity index is 0.782. The molecule has 0 atom stereocenters. The van der Waals surface area contributed by atoms with Gasteiger partial charge in [0.25, 0.3) is 0 Å². The predicted octanol–water partition coefficient (Wildman–Crippen LogP) is 19.7. The Bertz CT molecular complexity index is 4360. The lowest BCUT2D eigenvalue weighted by Gasteiger charge is -2.26. The quantitative estimate of drug-likeness (QED) is 0.101. The van der Waals surface area contributed by atoms with Crippen LogP contribution in [0.4, 0.5) is 17.1 Å². The minimum absolute atomic E-state index is 0.816. The molecule has 6 heterocycles. The van der Waals surface area contributed by atoms with Gasteiger partial charge in [-0.1, -0.05) is 36.4 Å². The molecule has 15 aromatic rings. The van der Waals surface area contributed by atoms with Crippen LogP contribution in [0.2, 0.25) is 0 Å². The molecule has 0 aliphatic carbocycles. The highest BCUT2D eigenvalue weighted by atomic mass is 32.1. The Hall–Kier alpha value is -9.92. The summed E-state index contributed by atoms with van der Waals surface area (Å²) in [7, 11) is 10.3. The first-order valence-electron chi connectivity index (χ1n) is 27.7. The van der Waals surface area contributed by atoms with Crippen LogP contribution in [0, 0.1) is 0 Å². The zero-order valence-corrected chi connectivity index (χ0v) is 49.7. The first kappa shape index (κ1) is 51.9. The van der Waals surface area contributed by atoms with E-state index in [-0.39, 0.29) is 0 Å². The van der Waals surface area contributed by atoms with E-state index in [1.165, 1.54) is 14.6 Å². The Morgan fingerprint density at radius 1 is 0.247 bits per heavy atom. The Morgan fingerprint density at radius 2 is 0.459 bits per heavy atom. The lowest BCUT2D eigenvalue weighted by molar-refractivity contribution is 0.415. The van der Waals surface area contributed by atoms with E-state index in [9.17, 15) is 0 Å². The van der Waals surface area contributed by atoms with Crippen molar-refractivity contribution in [3.05, 3.63) is 218 Å². The summed E-state index contributed by atoms with van der Waals surface area (Å²) in [6, 6.07) is 77.9. The molecular formula is C72H54N4O6S3. The maximum Gasteiger partial charge on any atom is 0.119 e. The molecular weight excluding hydrogens is 1110 g/mol. The van der Waals surface area contributed by atoms with Gasteiger partial charge in [-0.25, -0.2) is 0 Å². The van der Waals surface area contributed by atoms with E-state index in [1.54, 1.807) is 76.7 Å². The normalized spacial score (nSPS) is 11.6. The molecule has 0 saturated heterocycles. The lowest BCUT2D eigenvalue weighted by atomic mass is 10.1. The van der Waals surface area contributed by atoms with Crippen LogP contribution in [-0.2, 0) is 0 Å². The van der Waals surface area contributed by atoms with E-state index < -0.39 is 0 Å². The molecule has 85 heavy (non-hydrogen) atoms. The van der Waals surface area contributed by atoms with E-state index >= 15 is 0 Å². The van der Waals surface area contributed by atoms with Crippen molar-refractivity contribution in [1.82, 2.24) is 13.7 Å². The number of nitrogens with zero attached hydrogens (tertiary/aromatic N) is 4. The molecule has 0 saturated carbocycles. The Morgan fingerprint density at radius 3 is 0.659 bits per heavy atom. The summed E-state index contributed by atoms with van der Waals surface area (Å²) in [5.41, 5.74) is 13.2. The van der Waals surface area contributed by atoms with Crippen LogP contribution in [0.25, 0.3) is 112 Å². The van der Waals surface area contributed by atoms with E-state index in [1.807, 2.05) is 36.4 Å². The van der Waals surface area contributed by atoms with Gasteiger partial charge in [0.1, 0.15) is 49.5 Å². The molecule has 0 fully saturated rings. The van der Waals surface area contributed by atoms with Gasteiger partial charge < -0.3 is 47.0 Å². The fraction of sp³-hybridized carbons (Fsp3) is 0.0833. The molecule has 13 heteroatoms. The van der Waals surface area contributed by atoms with Gasteiger partial charge in [0.15, 0.2) is 0 Å². The number of hydrogen-bond donors (Lipinski definition) is 0. The standard InChI is InChI=1S/C72H54N4O6S3/c1-77-49-19-25-61-55(37-49)56-38-50(78-2)20-26-62(56)74(61)70-34-31-67(83-70)43-7-13-46(14-8-43)73(47-15-9-44(10-16-47)68-32-35-71(84-68)75-63-27-21-51(79-3)39-57(63)58-40-52(80-4)22-28-64(58)75)48-17-11-45(12-18-48)69-33-36-72(85-69)76-65-29-23-53(81-5)41-59(65)60-42-54(82-6)24-30-66(60)76/h7-42H,1-6H3. The Labute approximate surface area is 502 Å². The zero-order chi connectivity index (χ0) is 57.4. The van der Waals surface area contributed by atoms with Crippen molar-refractivity contribution in [3.8, 4) is 80.8 Å². The molecule has 0 unspecified atom stereocenters. The summed E-state index contributed by atoms with van der Waals surface area (Å²) >= 11 is 5.32. The fourth-order valence-corrected chi connectivity index (χ4v) is 15.1. The predicted molar refractivity (Wildman–Crippen MR) is 353 cm³/mol. The number of fused-ring (bicyclic) bond motifs is 9. The van der Waals surface area contributed by atoms with E-state index in [4.69, 9.17) is 28.4 Å². The summed E-state index contributed by atoms with van der Waals surface area (Å²) in [5.74, 6) is 4.89. The molecule has 0 aliphatic rings. The van der Waals surface area contributed by atoms with Crippen molar-refractivity contribution in [2.45, 2.75) is 0 Å². The molecule has 15 rings (SSSR count). The highest BCUT2D eigenvalue weighted by Crippen LogP contribution is 2.46. The highest BCUT2D eigenvalue weighted by molar-refractivity contribution is 7.18. The second kappa shape index (κ2) is 21.1. The van der Waals surface area contributed by atoms with Gasteiger partial charge in [-0.2, -0.15) is 0 Å². The third kappa shape index (κ3) is 8.80. The van der Waals surface area contributed by atoms with Crippen LogP contribution in [0.3, 0.4) is 0 Å². The van der Waals surface area contributed by atoms with Crippen LogP contribution in [0.5, 0.6) is 34.5 Å². The average Bonchev–Trinajstić information content (AvgIpc) is 2.16. The number of methoxy groups -OCH3 is 6. The van der Waals surface area contributed by atoms with Crippen molar-refractivity contribution < 1.29 is 28.4 Å². The van der Waals surface area contributed by atoms with Crippen molar-refractivity contribution >= 4 is 116 Å². The average molecular weight is 1170 g/mol. The van der Waals surface area contributed by atoms with Gasteiger partial charge >= 0.3 is 0 Å². The van der Waals surface area contributed by atoms with Crippen LogP contribution >= 0.6 is 34.0 Å². The monoisotopic (exact) mass is 1170 g/mol. The van der Waals surface area contributed by atoms with Crippen molar-refractivity contribution in [1.29, 1.82) is 0 Å².